The van der Waals surface area contributed by atoms with Crippen molar-refractivity contribution in [2.24, 2.45) is 5.84 Å². The van der Waals surface area contributed by atoms with Gasteiger partial charge in [-0.25, -0.2) is 19.8 Å². The monoisotopic (exact) mass is 260 g/mol. The van der Waals surface area contributed by atoms with E-state index in [1.54, 1.807) is 19.2 Å². The topological polar surface area (TPSA) is 63.8 Å². The molecule has 1 aromatic carbocycles. The molecule has 19 heavy (non-hydrogen) atoms. The Morgan fingerprint density at radius 2 is 2.00 bits per heavy atom. The van der Waals surface area contributed by atoms with Gasteiger partial charge in [-0.1, -0.05) is 6.07 Å². The van der Waals surface area contributed by atoms with Crippen LogP contribution in [0.1, 0.15) is 34.3 Å². The summed E-state index contributed by atoms with van der Waals surface area (Å²) in [5.41, 5.74) is 5.53. The standard InChI is InChI=1S/C14H17FN4/c1-8-6-9(2)13(11(15)7-8)14(19-16)12-4-5-17-10(3)18-12/h4-7,14,19H,16H2,1-3H3. The molecule has 1 unspecified atom stereocenters. The summed E-state index contributed by atoms with van der Waals surface area (Å²) < 4.78 is 14.2. The van der Waals surface area contributed by atoms with Crippen LogP contribution >= 0.6 is 0 Å². The Kier molecular flexibility index (Phi) is 3.87. The average Bonchev–Trinajstić information content (AvgIpc) is 2.33. The highest BCUT2D eigenvalue weighted by Gasteiger charge is 2.20. The van der Waals surface area contributed by atoms with Gasteiger partial charge in [-0.15, -0.1) is 0 Å². The number of rotatable bonds is 3. The third-order valence-corrected chi connectivity index (χ3v) is 3.03. The fourth-order valence-electron chi connectivity index (χ4n) is 2.24. The van der Waals surface area contributed by atoms with Crippen LogP contribution in [0, 0.1) is 26.6 Å². The van der Waals surface area contributed by atoms with Crippen molar-refractivity contribution in [3.05, 3.63) is 58.4 Å². The molecule has 0 aliphatic rings. The van der Waals surface area contributed by atoms with Crippen LogP contribution < -0.4 is 11.3 Å². The van der Waals surface area contributed by atoms with Crippen molar-refractivity contribution >= 4 is 0 Å². The number of hydrogen-bond acceptors (Lipinski definition) is 4. The Hall–Kier alpha value is -1.85. The molecule has 4 nitrogen and oxygen atoms in total. The molecule has 3 N–H and O–H groups in total. The lowest BCUT2D eigenvalue weighted by atomic mass is 9.96. The summed E-state index contributed by atoms with van der Waals surface area (Å²) in [6.07, 6.45) is 1.64. The first-order valence-corrected chi connectivity index (χ1v) is 6.05. The van der Waals surface area contributed by atoms with Gasteiger partial charge in [-0.2, -0.15) is 0 Å². The molecule has 0 spiro atoms. The highest BCUT2D eigenvalue weighted by Crippen LogP contribution is 2.26. The van der Waals surface area contributed by atoms with E-state index in [1.807, 2.05) is 19.9 Å². The summed E-state index contributed by atoms with van der Waals surface area (Å²) in [5, 5.41) is 0. The summed E-state index contributed by atoms with van der Waals surface area (Å²) in [4.78, 5) is 8.34. The van der Waals surface area contributed by atoms with E-state index in [0.29, 0.717) is 17.1 Å². The van der Waals surface area contributed by atoms with Crippen molar-refractivity contribution in [1.82, 2.24) is 15.4 Å². The van der Waals surface area contributed by atoms with Crippen LogP contribution in [-0.2, 0) is 0 Å². The Balaban J connectivity index is 2.54. The second kappa shape index (κ2) is 5.42. The number of hydrazine groups is 1. The minimum absolute atomic E-state index is 0.281. The van der Waals surface area contributed by atoms with Crippen molar-refractivity contribution < 1.29 is 4.39 Å². The summed E-state index contributed by atoms with van der Waals surface area (Å²) in [5.74, 6) is 5.93. The number of nitrogens with zero attached hydrogens (tertiary/aromatic N) is 2. The summed E-state index contributed by atoms with van der Waals surface area (Å²) in [6.45, 7) is 5.51. The van der Waals surface area contributed by atoms with Crippen LogP contribution in [0.4, 0.5) is 4.39 Å². The molecule has 0 bridgehead atoms. The Bertz CT molecular complexity index is 575. The minimum Gasteiger partial charge on any atom is -0.271 e. The predicted octanol–water partition coefficient (Wildman–Crippen LogP) is 2.09. The molecule has 1 atom stereocenters. The van der Waals surface area contributed by atoms with Crippen molar-refractivity contribution in [3.63, 3.8) is 0 Å². The van der Waals surface area contributed by atoms with Gasteiger partial charge >= 0.3 is 0 Å². The molecule has 0 amide bonds. The van der Waals surface area contributed by atoms with E-state index in [2.05, 4.69) is 15.4 Å². The maximum atomic E-state index is 14.2. The summed E-state index contributed by atoms with van der Waals surface area (Å²) in [7, 11) is 0. The van der Waals surface area contributed by atoms with Crippen LogP contribution in [0.2, 0.25) is 0 Å². The maximum absolute atomic E-state index is 14.2. The van der Waals surface area contributed by atoms with E-state index in [9.17, 15) is 4.39 Å². The lowest BCUT2D eigenvalue weighted by molar-refractivity contribution is 0.547. The number of aryl methyl sites for hydroxylation is 3. The van der Waals surface area contributed by atoms with Crippen LogP contribution in [0.25, 0.3) is 0 Å². The third-order valence-electron chi connectivity index (χ3n) is 3.03. The van der Waals surface area contributed by atoms with Gasteiger partial charge in [0.1, 0.15) is 11.6 Å². The number of benzene rings is 1. The highest BCUT2D eigenvalue weighted by atomic mass is 19.1. The fraction of sp³-hybridized carbons (Fsp3) is 0.286. The SMILES string of the molecule is Cc1cc(C)c(C(NN)c2ccnc(C)n2)c(F)c1. The zero-order valence-corrected chi connectivity index (χ0v) is 11.2. The molecule has 1 heterocycles. The first kappa shape index (κ1) is 13.6. The second-order valence-corrected chi connectivity index (χ2v) is 4.61. The van der Waals surface area contributed by atoms with Gasteiger partial charge in [0.05, 0.1) is 11.7 Å². The molecule has 5 heteroatoms. The molecule has 0 saturated carbocycles. The van der Waals surface area contributed by atoms with Crippen molar-refractivity contribution in [3.8, 4) is 0 Å². The van der Waals surface area contributed by atoms with E-state index >= 15 is 0 Å². The highest BCUT2D eigenvalue weighted by molar-refractivity contribution is 5.38. The number of aromatic nitrogens is 2. The molecular weight excluding hydrogens is 243 g/mol. The molecule has 0 aliphatic carbocycles. The van der Waals surface area contributed by atoms with E-state index in [-0.39, 0.29) is 5.82 Å². The van der Waals surface area contributed by atoms with E-state index < -0.39 is 6.04 Å². The first-order chi connectivity index (χ1) is 9.02. The predicted molar refractivity (Wildman–Crippen MR) is 71.8 cm³/mol. The van der Waals surface area contributed by atoms with Crippen LogP contribution in [0.3, 0.4) is 0 Å². The second-order valence-electron chi connectivity index (χ2n) is 4.61. The molecule has 1 aromatic heterocycles. The van der Waals surface area contributed by atoms with Gasteiger partial charge in [0.15, 0.2) is 0 Å². The number of nitrogens with two attached hydrogens (primary N) is 1. The van der Waals surface area contributed by atoms with Crippen molar-refractivity contribution in [2.45, 2.75) is 26.8 Å². The molecule has 0 fully saturated rings. The lowest BCUT2D eigenvalue weighted by Crippen LogP contribution is -2.31. The van der Waals surface area contributed by atoms with Crippen LogP contribution in [-0.4, -0.2) is 9.97 Å². The van der Waals surface area contributed by atoms with Crippen LogP contribution in [0.5, 0.6) is 0 Å². The van der Waals surface area contributed by atoms with E-state index in [4.69, 9.17) is 5.84 Å². The Labute approximate surface area is 111 Å². The van der Waals surface area contributed by atoms with E-state index in [1.165, 1.54) is 6.07 Å². The average molecular weight is 260 g/mol. The molecule has 0 aliphatic heterocycles. The first-order valence-electron chi connectivity index (χ1n) is 6.05. The maximum Gasteiger partial charge on any atom is 0.128 e. The lowest BCUT2D eigenvalue weighted by Gasteiger charge is -2.19. The van der Waals surface area contributed by atoms with Gasteiger partial charge in [0.2, 0.25) is 0 Å². The fourth-order valence-corrected chi connectivity index (χ4v) is 2.24. The summed E-state index contributed by atoms with van der Waals surface area (Å²) in [6, 6.07) is 4.68. The molecule has 2 aromatic rings. The van der Waals surface area contributed by atoms with Gasteiger partial charge < -0.3 is 0 Å². The Morgan fingerprint density at radius 1 is 1.26 bits per heavy atom. The largest absolute Gasteiger partial charge is 0.271 e. The van der Waals surface area contributed by atoms with Gasteiger partial charge in [0, 0.05) is 11.8 Å². The van der Waals surface area contributed by atoms with Crippen LogP contribution in [0.15, 0.2) is 24.4 Å². The quantitative estimate of drug-likeness (QED) is 0.655. The molecule has 100 valence electrons. The molecular formula is C14H17FN4. The van der Waals surface area contributed by atoms with Gasteiger partial charge in [0.25, 0.3) is 0 Å². The van der Waals surface area contributed by atoms with Crippen molar-refractivity contribution in [1.29, 1.82) is 0 Å². The molecule has 0 radical (unpaired) electrons. The molecule has 2 rings (SSSR count). The third kappa shape index (κ3) is 2.77. The number of nitrogens with one attached hydrogen (secondary N) is 1. The van der Waals surface area contributed by atoms with Gasteiger partial charge in [-0.05, 0) is 44.0 Å². The molecule has 0 saturated heterocycles. The summed E-state index contributed by atoms with van der Waals surface area (Å²) >= 11 is 0. The van der Waals surface area contributed by atoms with E-state index in [0.717, 1.165) is 11.1 Å². The van der Waals surface area contributed by atoms with Gasteiger partial charge in [-0.3, -0.25) is 5.84 Å². The normalized spacial score (nSPS) is 12.5. The number of halogens is 1. The zero-order chi connectivity index (χ0) is 14.0. The zero-order valence-electron chi connectivity index (χ0n) is 11.2. The number of hydrogen-bond donors (Lipinski definition) is 2. The minimum atomic E-state index is -0.484. The smallest absolute Gasteiger partial charge is 0.128 e. The van der Waals surface area contributed by atoms with Crippen molar-refractivity contribution in [2.75, 3.05) is 0 Å². The Morgan fingerprint density at radius 3 is 2.58 bits per heavy atom.